The first-order valence-corrected chi connectivity index (χ1v) is 11.0. The maximum absolute atomic E-state index is 12.9. The Balaban J connectivity index is 1.47. The number of hydrogen-bond donors (Lipinski definition) is 3. The number of aryl methyl sites for hydroxylation is 1. The molecule has 0 bridgehead atoms. The molecule has 1 unspecified atom stereocenters. The molecule has 4 heterocycles. The average molecular weight is 537 g/mol. The monoisotopic (exact) mass is 537 g/mol. The minimum Gasteiger partial charge on any atom is -0.444 e. The molecule has 38 heavy (non-hydrogen) atoms. The molecule has 202 valence electrons. The molecule has 3 aromatic rings. The van der Waals surface area contributed by atoms with E-state index in [1.54, 1.807) is 26.2 Å². The largest absolute Gasteiger partial charge is 0.444 e. The Bertz CT molecular complexity index is 1380. The Hall–Kier alpha value is -4.47. The second kappa shape index (κ2) is 9.77. The Morgan fingerprint density at radius 2 is 2.08 bits per heavy atom. The average Bonchev–Trinajstić information content (AvgIpc) is 3.51. The molecule has 13 nitrogen and oxygen atoms in total. The number of carbonyl (C=O) groups excluding carboxylic acids is 3. The van der Waals surface area contributed by atoms with Gasteiger partial charge in [0.05, 0.1) is 24.3 Å². The number of β-amino-alcohol motifs (C(OH)–C–C–N with tert-alkyl or cyclic N) is 1. The number of rotatable bonds is 6. The number of aromatic nitrogens is 4. The summed E-state index contributed by atoms with van der Waals surface area (Å²) >= 11 is 0. The molecule has 0 radical (unpaired) electrons. The van der Waals surface area contributed by atoms with Crippen molar-refractivity contribution >= 4 is 29.4 Å². The number of ether oxygens (including phenoxy) is 1. The lowest BCUT2D eigenvalue weighted by molar-refractivity contribution is -0.126. The van der Waals surface area contributed by atoms with E-state index in [9.17, 15) is 32.7 Å². The molecule has 1 aliphatic heterocycles. The van der Waals surface area contributed by atoms with E-state index in [1.165, 1.54) is 34.1 Å². The molecule has 1 aliphatic rings. The van der Waals surface area contributed by atoms with E-state index in [-0.39, 0.29) is 47.0 Å². The van der Waals surface area contributed by atoms with E-state index in [4.69, 9.17) is 9.15 Å². The van der Waals surface area contributed by atoms with E-state index in [2.05, 4.69) is 20.4 Å². The number of nitrogens with one attached hydrogen (secondary N) is 2. The lowest BCUT2D eigenvalue weighted by Crippen LogP contribution is -2.35. The minimum atomic E-state index is -4.61. The smallest absolute Gasteiger partial charge is 0.414 e. The van der Waals surface area contributed by atoms with Gasteiger partial charge in [0.1, 0.15) is 18.5 Å². The highest BCUT2D eigenvalue weighted by Gasteiger charge is 2.48. The van der Waals surface area contributed by atoms with Crippen molar-refractivity contribution in [1.29, 1.82) is 0 Å². The number of oxazole rings is 1. The number of amides is 3. The van der Waals surface area contributed by atoms with Crippen molar-refractivity contribution in [2.75, 3.05) is 23.3 Å². The van der Waals surface area contributed by atoms with Crippen LogP contribution in [0.3, 0.4) is 0 Å². The molecule has 1 saturated heterocycles. The highest BCUT2D eigenvalue weighted by atomic mass is 19.4. The number of anilines is 2. The molecule has 1 atom stereocenters. The molecule has 3 N–H and O–H groups in total. The van der Waals surface area contributed by atoms with Crippen LogP contribution in [0.4, 0.5) is 29.5 Å². The topological polar surface area (TPSA) is 165 Å². The molecule has 0 aliphatic carbocycles. The van der Waals surface area contributed by atoms with Gasteiger partial charge in [0.15, 0.2) is 11.5 Å². The zero-order chi connectivity index (χ0) is 27.8. The third-order valence-electron chi connectivity index (χ3n) is 5.65. The summed E-state index contributed by atoms with van der Waals surface area (Å²) in [6.45, 7) is 1.65. The number of aliphatic hydroxyl groups excluding tert-OH is 1. The van der Waals surface area contributed by atoms with Gasteiger partial charge in [-0.3, -0.25) is 19.2 Å². The van der Waals surface area contributed by atoms with E-state index in [0.717, 1.165) is 6.26 Å². The van der Waals surface area contributed by atoms with Gasteiger partial charge in [0.25, 0.3) is 5.91 Å². The van der Waals surface area contributed by atoms with Crippen LogP contribution in [0, 0.1) is 5.41 Å². The second-order valence-electron chi connectivity index (χ2n) is 8.93. The normalized spacial score (nSPS) is 17.0. The number of aliphatic hydroxyl groups is 1. The van der Waals surface area contributed by atoms with Gasteiger partial charge in [-0.2, -0.15) is 18.3 Å². The molecule has 3 aromatic heterocycles. The van der Waals surface area contributed by atoms with Crippen molar-refractivity contribution in [3.05, 3.63) is 36.5 Å². The maximum atomic E-state index is 12.9. The number of hydrogen-bond acceptors (Lipinski definition) is 9. The number of pyridine rings is 1. The second-order valence-corrected chi connectivity index (χ2v) is 8.93. The summed E-state index contributed by atoms with van der Waals surface area (Å²) in [5.74, 6) is -1.29. The highest BCUT2D eigenvalue weighted by molar-refractivity contribution is 6.07. The van der Waals surface area contributed by atoms with Crippen LogP contribution in [-0.2, 0) is 11.8 Å². The van der Waals surface area contributed by atoms with Gasteiger partial charge in [-0.25, -0.2) is 14.8 Å². The third-order valence-corrected chi connectivity index (χ3v) is 5.65. The SMILES string of the molecule is Cn1cc(NC(=O)c2coc(-c3ccnc(OC(=O)NCC(F)(F)F)c3)n2)c(N2CC(O)C(C)(C)C2=O)n1. The molecule has 0 saturated carbocycles. The maximum Gasteiger partial charge on any atom is 0.414 e. The first kappa shape index (κ1) is 26.6. The van der Waals surface area contributed by atoms with E-state index >= 15 is 0 Å². The van der Waals surface area contributed by atoms with Gasteiger partial charge >= 0.3 is 12.3 Å². The molecule has 3 amide bonds. The van der Waals surface area contributed by atoms with Crippen LogP contribution in [0.1, 0.15) is 24.3 Å². The summed E-state index contributed by atoms with van der Waals surface area (Å²) in [6.07, 6.45) is -3.15. The van der Waals surface area contributed by atoms with Crippen LogP contribution in [-0.4, -0.2) is 68.1 Å². The van der Waals surface area contributed by atoms with Crippen LogP contribution in [0.15, 0.2) is 35.2 Å². The van der Waals surface area contributed by atoms with Crippen molar-refractivity contribution in [2.45, 2.75) is 26.1 Å². The fourth-order valence-corrected chi connectivity index (χ4v) is 3.52. The highest BCUT2D eigenvalue weighted by Crippen LogP contribution is 2.37. The van der Waals surface area contributed by atoms with Crippen LogP contribution in [0.2, 0.25) is 0 Å². The van der Waals surface area contributed by atoms with Gasteiger partial charge in [-0.1, -0.05) is 0 Å². The van der Waals surface area contributed by atoms with Gasteiger partial charge in [0.2, 0.25) is 17.7 Å². The fraction of sp³-hybridized carbons (Fsp3) is 0.364. The van der Waals surface area contributed by atoms with Gasteiger partial charge < -0.3 is 24.9 Å². The summed E-state index contributed by atoms with van der Waals surface area (Å²) in [4.78, 5) is 46.3. The molecule has 0 spiro atoms. The van der Waals surface area contributed by atoms with Crippen molar-refractivity contribution in [3.8, 4) is 17.3 Å². The lowest BCUT2D eigenvalue weighted by Gasteiger charge is -2.19. The number of carbonyl (C=O) groups is 3. The number of halogens is 3. The van der Waals surface area contributed by atoms with Crippen LogP contribution in [0.25, 0.3) is 11.5 Å². The zero-order valence-corrected chi connectivity index (χ0v) is 20.2. The summed E-state index contributed by atoms with van der Waals surface area (Å²) < 4.78 is 48.2. The molecular weight excluding hydrogens is 515 g/mol. The predicted molar refractivity (Wildman–Crippen MR) is 123 cm³/mol. The molecule has 16 heteroatoms. The minimum absolute atomic E-state index is 0.000497. The van der Waals surface area contributed by atoms with Crippen molar-refractivity contribution < 1.29 is 41.8 Å². The van der Waals surface area contributed by atoms with Gasteiger partial charge in [0, 0.05) is 24.9 Å². The molecule has 4 rings (SSSR count). The first-order valence-electron chi connectivity index (χ1n) is 11.0. The van der Waals surface area contributed by atoms with Crippen LogP contribution < -0.4 is 20.3 Å². The fourth-order valence-electron chi connectivity index (χ4n) is 3.52. The summed E-state index contributed by atoms with van der Waals surface area (Å²) in [5, 5.41) is 18.7. The Morgan fingerprint density at radius 1 is 1.34 bits per heavy atom. The van der Waals surface area contributed by atoms with Crippen molar-refractivity contribution in [3.63, 3.8) is 0 Å². The van der Waals surface area contributed by atoms with E-state index < -0.39 is 36.2 Å². The summed E-state index contributed by atoms with van der Waals surface area (Å²) in [7, 11) is 1.60. The quantitative estimate of drug-likeness (QED) is 0.427. The molecule has 1 fully saturated rings. The summed E-state index contributed by atoms with van der Waals surface area (Å²) in [5.41, 5.74) is -0.750. The van der Waals surface area contributed by atoms with Gasteiger partial charge in [-0.15, -0.1) is 0 Å². The van der Waals surface area contributed by atoms with Crippen molar-refractivity contribution in [2.24, 2.45) is 12.5 Å². The number of nitrogens with zero attached hydrogens (tertiary/aromatic N) is 5. The first-order chi connectivity index (χ1) is 17.7. The van der Waals surface area contributed by atoms with E-state index in [1.807, 2.05) is 0 Å². The molecular formula is C22H22F3N7O6. The third kappa shape index (κ3) is 5.59. The lowest BCUT2D eigenvalue weighted by atomic mass is 9.89. The number of alkyl halides is 3. The van der Waals surface area contributed by atoms with Crippen LogP contribution >= 0.6 is 0 Å². The summed E-state index contributed by atoms with van der Waals surface area (Å²) in [6, 6.07) is 2.60. The van der Waals surface area contributed by atoms with Crippen LogP contribution in [0.5, 0.6) is 5.88 Å². The zero-order valence-electron chi connectivity index (χ0n) is 20.2. The Kier molecular flexibility index (Phi) is 6.84. The molecule has 0 aromatic carbocycles. The Labute approximate surface area is 212 Å². The Morgan fingerprint density at radius 3 is 2.74 bits per heavy atom. The van der Waals surface area contributed by atoms with Crippen molar-refractivity contribution in [1.82, 2.24) is 25.1 Å². The predicted octanol–water partition coefficient (Wildman–Crippen LogP) is 2.11. The standard InChI is InChI=1S/C22H22F3N7O6/c1-21(2)14(33)8-32(19(21)35)16-12(7-31(3)30-16)28-17(34)13-9-37-18(29-13)11-4-5-26-15(6-11)38-20(36)27-10-22(23,24)25/h4-7,9,14,33H,8,10H2,1-3H3,(H,27,36)(H,28,34). The van der Waals surface area contributed by atoms with Gasteiger partial charge in [-0.05, 0) is 19.9 Å². The van der Waals surface area contributed by atoms with E-state index in [0.29, 0.717) is 0 Å².